The van der Waals surface area contributed by atoms with E-state index in [0.29, 0.717) is 82.2 Å². The van der Waals surface area contributed by atoms with E-state index < -0.39 is 70.0 Å². The lowest BCUT2D eigenvalue weighted by molar-refractivity contribution is -0.288. The molecule has 19 heteroatoms. The number of aryl methyl sites for hydroxylation is 2. The molecule has 2 rings (SSSR count). The van der Waals surface area contributed by atoms with Gasteiger partial charge in [0.1, 0.15) is 11.5 Å². The van der Waals surface area contributed by atoms with E-state index in [4.69, 9.17) is 31.6 Å². The van der Waals surface area contributed by atoms with E-state index in [1.807, 2.05) is 41.2 Å². The second-order valence-electron chi connectivity index (χ2n) is 14.2. The van der Waals surface area contributed by atoms with Gasteiger partial charge in [-0.25, -0.2) is 0 Å². The average molecular weight is 891 g/mol. The molecule has 0 aliphatic carbocycles. The van der Waals surface area contributed by atoms with Gasteiger partial charge in [-0.05, 0) is 120 Å². The van der Waals surface area contributed by atoms with Gasteiger partial charge in [0, 0.05) is 52.3 Å². The van der Waals surface area contributed by atoms with Crippen molar-refractivity contribution >= 4 is 17.4 Å². The summed E-state index contributed by atoms with van der Waals surface area (Å²) < 4.78 is 131. The first-order valence-corrected chi connectivity index (χ1v) is 24.7. The largest absolute Gasteiger partial charge is 0.508 e. The number of aliphatic hydroxyl groups is 2. The number of ether oxygens (including phenoxy) is 2. The van der Waals surface area contributed by atoms with E-state index in [1.54, 1.807) is 0 Å². The molecule has 4 N–H and O–H groups in total. The van der Waals surface area contributed by atoms with Gasteiger partial charge >= 0.3 is 29.7 Å². The molecule has 0 amide bonds. The molecule has 0 aliphatic rings. The summed E-state index contributed by atoms with van der Waals surface area (Å²) in [5, 5.41) is 42.1. The van der Waals surface area contributed by atoms with E-state index in [9.17, 15) is 20.4 Å². The van der Waals surface area contributed by atoms with Crippen LogP contribution in [0.5, 0.6) is 11.5 Å². The topological polar surface area (TPSA) is 146 Å². The standard InChI is InChI=1S/C40H64F6O11Si2/c1-7-53-58(6,54-8-2)24-12-22-51-28-34(47)18-14-30-26-32(16-20-36(30)49)38(39(41,42)43,40(44,45)46)33-17-21-37(50)31(27-33)15-19-35(48)29-52-23-13-25-59(55-9-3,56-10-4)57-11-5/h16-17,20-21,26-27,34-35,47-50H,7-15,18-19,22-25,28-29H2,1-6H3. The summed E-state index contributed by atoms with van der Waals surface area (Å²) in [5.41, 5.74) is -7.47. The molecule has 0 spiro atoms. The van der Waals surface area contributed by atoms with Crippen LogP contribution in [-0.4, -0.2) is 122 Å². The molecule has 0 saturated carbocycles. The molecule has 0 aromatic heterocycles. The Bertz CT molecular complexity index is 1460. The zero-order chi connectivity index (χ0) is 44.3. The maximum atomic E-state index is 15.1. The van der Waals surface area contributed by atoms with Crippen molar-refractivity contribution in [2.75, 3.05) is 59.5 Å². The fourth-order valence-corrected chi connectivity index (χ4v) is 11.9. The number of benzene rings is 2. The quantitative estimate of drug-likeness (QED) is 0.0343. The molecule has 2 aromatic rings. The van der Waals surface area contributed by atoms with Gasteiger partial charge in [0.2, 0.25) is 5.41 Å². The average Bonchev–Trinajstić information content (AvgIpc) is 3.14. The van der Waals surface area contributed by atoms with Crippen LogP contribution in [0.1, 0.15) is 82.6 Å². The van der Waals surface area contributed by atoms with Crippen molar-refractivity contribution in [3.63, 3.8) is 0 Å². The second-order valence-corrected chi connectivity index (χ2v) is 20.2. The van der Waals surface area contributed by atoms with Gasteiger partial charge in [-0.3, -0.25) is 0 Å². The van der Waals surface area contributed by atoms with Crippen molar-refractivity contribution in [3.8, 4) is 11.5 Å². The summed E-state index contributed by atoms with van der Waals surface area (Å²) >= 11 is 0. The van der Waals surface area contributed by atoms with Crippen LogP contribution >= 0.6 is 0 Å². The third-order valence-corrected chi connectivity index (χ3v) is 15.9. The van der Waals surface area contributed by atoms with E-state index in [0.717, 1.165) is 12.1 Å². The van der Waals surface area contributed by atoms with Crippen LogP contribution < -0.4 is 0 Å². The van der Waals surface area contributed by atoms with Gasteiger partial charge in [-0.15, -0.1) is 0 Å². The molecule has 340 valence electrons. The highest BCUT2D eigenvalue weighted by Gasteiger charge is 2.72. The Morgan fingerprint density at radius 1 is 0.576 bits per heavy atom. The summed E-state index contributed by atoms with van der Waals surface area (Å²) in [6.07, 6.45) is -13.9. The van der Waals surface area contributed by atoms with Gasteiger partial charge in [0.15, 0.2) is 0 Å². The number of phenolic OH excluding ortho intramolecular Hbond substituents is 2. The summed E-state index contributed by atoms with van der Waals surface area (Å²) in [4.78, 5) is 0. The fraction of sp³-hybridized carbons (Fsp3) is 0.700. The maximum Gasteiger partial charge on any atom is 0.501 e. The molecule has 0 bridgehead atoms. The summed E-state index contributed by atoms with van der Waals surface area (Å²) in [6, 6.07) is 5.06. The lowest BCUT2D eigenvalue weighted by Gasteiger charge is -2.39. The van der Waals surface area contributed by atoms with Crippen LogP contribution in [-0.2, 0) is 49.9 Å². The number of hydrogen-bond donors (Lipinski definition) is 4. The van der Waals surface area contributed by atoms with Gasteiger partial charge in [-0.1, -0.05) is 24.3 Å². The highest BCUT2D eigenvalue weighted by Crippen LogP contribution is 2.57. The minimum absolute atomic E-state index is 0.127. The molecule has 59 heavy (non-hydrogen) atoms. The number of aliphatic hydroxyl groups excluding tert-OH is 2. The number of hydrogen-bond acceptors (Lipinski definition) is 11. The van der Waals surface area contributed by atoms with Gasteiger partial charge in [0.25, 0.3) is 0 Å². The van der Waals surface area contributed by atoms with Gasteiger partial charge in [0.05, 0.1) is 25.4 Å². The highest BCUT2D eigenvalue weighted by atomic mass is 28.4. The van der Waals surface area contributed by atoms with Crippen LogP contribution in [0.4, 0.5) is 26.3 Å². The Kier molecular flexibility index (Phi) is 22.4. The minimum atomic E-state index is -5.94. The predicted octanol–water partition coefficient (Wildman–Crippen LogP) is 8.10. The molecular formula is C40H64F6O11Si2. The van der Waals surface area contributed by atoms with Gasteiger partial charge < -0.3 is 52.0 Å². The molecule has 2 atom stereocenters. The van der Waals surface area contributed by atoms with E-state index in [2.05, 4.69) is 0 Å². The Morgan fingerprint density at radius 2 is 0.949 bits per heavy atom. The van der Waals surface area contributed by atoms with Crippen molar-refractivity contribution in [1.82, 2.24) is 0 Å². The molecule has 2 unspecified atom stereocenters. The first-order chi connectivity index (χ1) is 27.8. The number of rotatable bonds is 30. The molecule has 0 fully saturated rings. The smallest absolute Gasteiger partial charge is 0.501 e. The van der Waals surface area contributed by atoms with Crippen molar-refractivity contribution in [3.05, 3.63) is 58.7 Å². The maximum absolute atomic E-state index is 15.1. The molecule has 2 aromatic carbocycles. The van der Waals surface area contributed by atoms with Crippen LogP contribution in [0.2, 0.25) is 18.6 Å². The van der Waals surface area contributed by atoms with E-state index in [1.165, 1.54) is 0 Å². The summed E-state index contributed by atoms with van der Waals surface area (Å²) in [5.74, 6) is -1.09. The Hall–Kier alpha value is -2.31. The van der Waals surface area contributed by atoms with Crippen LogP contribution in [0.25, 0.3) is 0 Å². The third kappa shape index (κ3) is 15.5. The van der Waals surface area contributed by atoms with Crippen molar-refractivity contribution in [2.24, 2.45) is 0 Å². The van der Waals surface area contributed by atoms with Crippen molar-refractivity contribution in [1.29, 1.82) is 0 Å². The Labute approximate surface area is 346 Å². The second kappa shape index (κ2) is 25.0. The molecule has 0 saturated heterocycles. The lowest BCUT2D eigenvalue weighted by atomic mass is 9.71. The van der Waals surface area contributed by atoms with Crippen molar-refractivity contribution < 1.29 is 78.4 Å². The zero-order valence-electron chi connectivity index (χ0n) is 35.1. The highest BCUT2D eigenvalue weighted by molar-refractivity contribution is 6.66. The predicted molar refractivity (Wildman–Crippen MR) is 214 cm³/mol. The fourth-order valence-electron chi connectivity index (χ4n) is 6.95. The first kappa shape index (κ1) is 52.8. The summed E-state index contributed by atoms with van der Waals surface area (Å²) in [7, 11) is -5.27. The van der Waals surface area contributed by atoms with Crippen LogP contribution in [0.3, 0.4) is 0 Å². The molecular weight excluding hydrogens is 827 g/mol. The van der Waals surface area contributed by atoms with E-state index >= 15 is 26.3 Å². The normalized spacial score (nSPS) is 14.2. The number of halogens is 6. The summed E-state index contributed by atoms with van der Waals surface area (Å²) in [6.45, 7) is 13.5. The number of aromatic hydroxyl groups is 2. The lowest BCUT2D eigenvalue weighted by Crippen LogP contribution is -2.54. The molecule has 0 heterocycles. The van der Waals surface area contributed by atoms with Gasteiger partial charge in [-0.2, -0.15) is 26.3 Å². The zero-order valence-corrected chi connectivity index (χ0v) is 37.1. The molecule has 0 aliphatic heterocycles. The third-order valence-electron chi connectivity index (χ3n) is 9.67. The number of alkyl halides is 6. The van der Waals surface area contributed by atoms with Crippen LogP contribution in [0.15, 0.2) is 36.4 Å². The Morgan fingerprint density at radius 3 is 1.31 bits per heavy atom. The number of phenols is 2. The van der Waals surface area contributed by atoms with E-state index in [-0.39, 0.29) is 63.2 Å². The first-order valence-electron chi connectivity index (χ1n) is 20.3. The monoisotopic (exact) mass is 890 g/mol. The SMILES string of the molecule is CCO[Si](C)(CCCOCC(O)CCc1cc(C(c2ccc(O)c(CCC(O)COCCC[Si](OCC)(OCC)OCC)c2)(C(F)(F)F)C(F)(F)F)ccc1O)OCC. The minimum Gasteiger partial charge on any atom is -0.508 e. The van der Waals surface area contributed by atoms with Crippen molar-refractivity contribution in [2.45, 2.75) is 122 Å². The molecule has 11 nitrogen and oxygen atoms in total. The molecule has 0 radical (unpaired) electrons. The Balaban J connectivity index is 2.20. The van der Waals surface area contributed by atoms with Crippen LogP contribution in [0, 0.1) is 0 Å².